The zero-order valence-corrected chi connectivity index (χ0v) is 18.7. The third kappa shape index (κ3) is 4.76. The summed E-state index contributed by atoms with van der Waals surface area (Å²) in [4.78, 5) is 24.6. The molecule has 1 aromatic carbocycles. The van der Waals surface area contributed by atoms with E-state index in [1.807, 2.05) is 30.3 Å². The molecule has 3 heterocycles. The molecular weight excluding hydrogens is 424 g/mol. The van der Waals surface area contributed by atoms with E-state index >= 15 is 0 Å². The number of carboxylic acid groups (broad SMARTS) is 1. The normalized spacial score (nSPS) is 10.9. The van der Waals surface area contributed by atoms with Crippen LogP contribution >= 0.6 is 11.3 Å². The monoisotopic (exact) mass is 446 g/mol. The molecule has 0 atom stereocenters. The summed E-state index contributed by atoms with van der Waals surface area (Å²) in [6, 6.07) is 16.9. The number of nitrogens with zero attached hydrogens (tertiary/aromatic N) is 3. The molecule has 32 heavy (non-hydrogen) atoms. The van der Waals surface area contributed by atoms with Gasteiger partial charge in [0.05, 0.1) is 5.01 Å². The molecule has 0 radical (unpaired) electrons. The maximum Gasteiger partial charge on any atom is 0.354 e. The van der Waals surface area contributed by atoms with Crippen LogP contribution in [0.3, 0.4) is 0 Å². The molecule has 4 rings (SSSR count). The Kier molecular flexibility index (Phi) is 6.13. The number of aryl methyl sites for hydroxylation is 1. The van der Waals surface area contributed by atoms with Gasteiger partial charge in [-0.2, -0.15) is 0 Å². The van der Waals surface area contributed by atoms with Gasteiger partial charge in [0.15, 0.2) is 5.69 Å². The lowest BCUT2D eigenvalue weighted by atomic mass is 10.1. The second-order valence-electron chi connectivity index (χ2n) is 7.48. The predicted molar refractivity (Wildman–Crippen MR) is 125 cm³/mol. The number of anilines is 2. The van der Waals surface area contributed by atoms with Gasteiger partial charge in [-0.15, -0.1) is 0 Å². The van der Waals surface area contributed by atoms with Crippen LogP contribution in [0, 0.1) is 6.92 Å². The van der Waals surface area contributed by atoms with Crippen molar-refractivity contribution in [3.63, 3.8) is 0 Å². The van der Waals surface area contributed by atoms with Gasteiger partial charge in [0.25, 0.3) is 0 Å². The molecule has 0 aliphatic rings. The highest BCUT2D eigenvalue weighted by Crippen LogP contribution is 2.40. The van der Waals surface area contributed by atoms with Crippen LogP contribution in [0.1, 0.15) is 40.8 Å². The van der Waals surface area contributed by atoms with Crippen LogP contribution < -0.4 is 10.1 Å². The number of aromatic nitrogens is 3. The zero-order chi connectivity index (χ0) is 22.7. The van der Waals surface area contributed by atoms with Crippen molar-refractivity contribution in [1.82, 2.24) is 15.0 Å². The number of hydrogen-bond donors (Lipinski definition) is 2. The number of rotatable bonds is 7. The highest BCUT2D eigenvalue weighted by Gasteiger charge is 2.17. The lowest BCUT2D eigenvalue weighted by Gasteiger charge is -2.09. The van der Waals surface area contributed by atoms with Crippen LogP contribution in [0.15, 0.2) is 60.8 Å². The Labute approximate surface area is 189 Å². The maximum atomic E-state index is 11.4. The van der Waals surface area contributed by atoms with Gasteiger partial charge < -0.3 is 15.2 Å². The first kappa shape index (κ1) is 21.5. The van der Waals surface area contributed by atoms with E-state index in [4.69, 9.17) is 9.72 Å². The van der Waals surface area contributed by atoms with E-state index in [0.717, 1.165) is 16.3 Å². The van der Waals surface area contributed by atoms with Crippen LogP contribution in [-0.4, -0.2) is 26.0 Å². The number of aromatic carboxylic acids is 1. The minimum atomic E-state index is -1.07. The molecule has 0 spiro atoms. The molecule has 0 saturated carbocycles. The molecule has 0 unspecified atom stereocenters. The number of carboxylic acids is 1. The first-order valence-corrected chi connectivity index (χ1v) is 10.9. The van der Waals surface area contributed by atoms with Crippen LogP contribution in [0.2, 0.25) is 0 Å². The van der Waals surface area contributed by atoms with Crippen molar-refractivity contribution in [2.24, 2.45) is 0 Å². The molecule has 3 aromatic heterocycles. The van der Waals surface area contributed by atoms with E-state index in [2.05, 4.69) is 29.1 Å². The first-order chi connectivity index (χ1) is 15.4. The van der Waals surface area contributed by atoms with Gasteiger partial charge in [-0.25, -0.2) is 19.7 Å². The van der Waals surface area contributed by atoms with Gasteiger partial charge in [-0.3, -0.25) is 0 Å². The van der Waals surface area contributed by atoms with Gasteiger partial charge in [0.2, 0.25) is 5.06 Å². The van der Waals surface area contributed by atoms with Gasteiger partial charge in [0.1, 0.15) is 23.1 Å². The van der Waals surface area contributed by atoms with Gasteiger partial charge in [-0.1, -0.05) is 61.6 Å². The summed E-state index contributed by atoms with van der Waals surface area (Å²) in [5, 5.41) is 14.0. The average molecular weight is 447 g/mol. The van der Waals surface area contributed by atoms with Crippen LogP contribution in [0.4, 0.5) is 11.6 Å². The molecule has 0 fully saturated rings. The summed E-state index contributed by atoms with van der Waals surface area (Å²) < 4.78 is 6.22. The second-order valence-corrected chi connectivity index (χ2v) is 8.47. The molecule has 0 bridgehead atoms. The Morgan fingerprint density at radius 2 is 1.84 bits per heavy atom. The average Bonchev–Trinajstić information content (AvgIpc) is 3.20. The highest BCUT2D eigenvalue weighted by molar-refractivity contribution is 7.14. The number of pyridine rings is 2. The lowest BCUT2D eigenvalue weighted by molar-refractivity contribution is 0.0690. The Balaban J connectivity index is 1.61. The molecule has 0 aliphatic carbocycles. The Morgan fingerprint density at radius 3 is 2.56 bits per heavy atom. The summed E-state index contributed by atoms with van der Waals surface area (Å²) >= 11 is 1.52. The van der Waals surface area contributed by atoms with Gasteiger partial charge in [-0.05, 0) is 24.6 Å². The molecular formula is C24H22N4O3S. The fraction of sp³-hybridized carbons (Fsp3) is 0.167. The molecule has 0 amide bonds. The summed E-state index contributed by atoms with van der Waals surface area (Å²) in [5.41, 5.74) is 2.38. The minimum Gasteiger partial charge on any atom is -0.477 e. The second kappa shape index (κ2) is 9.15. The quantitative estimate of drug-likeness (QED) is 0.345. The summed E-state index contributed by atoms with van der Waals surface area (Å²) in [5.74, 6) is 0.679. The number of carbonyl (C=O) groups is 1. The highest BCUT2D eigenvalue weighted by atomic mass is 32.1. The van der Waals surface area contributed by atoms with Crippen molar-refractivity contribution in [3.05, 3.63) is 77.1 Å². The van der Waals surface area contributed by atoms with E-state index < -0.39 is 5.97 Å². The molecule has 7 nitrogen and oxygen atoms in total. The number of ether oxygens (including phenoxy) is 1. The van der Waals surface area contributed by atoms with E-state index in [0.29, 0.717) is 28.0 Å². The van der Waals surface area contributed by atoms with Crippen molar-refractivity contribution in [2.75, 3.05) is 5.32 Å². The topological polar surface area (TPSA) is 97.2 Å². The van der Waals surface area contributed by atoms with Crippen LogP contribution in [0.5, 0.6) is 10.8 Å². The van der Waals surface area contributed by atoms with Crippen LogP contribution in [0.25, 0.3) is 11.3 Å². The summed E-state index contributed by atoms with van der Waals surface area (Å²) in [6.07, 6.45) is 1.62. The Hall–Kier alpha value is -3.78. The fourth-order valence-electron chi connectivity index (χ4n) is 3.01. The third-order valence-corrected chi connectivity index (χ3v) is 5.89. The molecule has 4 aromatic rings. The predicted octanol–water partition coefficient (Wildman–Crippen LogP) is 6.27. The Bertz CT molecular complexity index is 1260. The largest absolute Gasteiger partial charge is 0.477 e. The number of hydrogen-bond acceptors (Lipinski definition) is 7. The Morgan fingerprint density at radius 1 is 1.06 bits per heavy atom. The van der Waals surface area contributed by atoms with Crippen LogP contribution in [-0.2, 0) is 0 Å². The molecule has 8 heteroatoms. The standard InChI is InChI=1S/C24H22N4O3S/c1-14(2)22-28-21(16-7-5-4-6-8-16)24(32-22)31-17-11-12-25-19(13-17)26-18-10-9-15(3)20(27-18)23(29)30/h4-14H,1-3H3,(H,29,30)(H,25,26,27). The van der Waals surface area contributed by atoms with Crippen molar-refractivity contribution in [2.45, 2.75) is 26.7 Å². The third-order valence-electron chi connectivity index (χ3n) is 4.65. The van der Waals surface area contributed by atoms with Crippen molar-refractivity contribution in [1.29, 1.82) is 0 Å². The molecule has 0 saturated heterocycles. The maximum absolute atomic E-state index is 11.4. The van der Waals surface area contributed by atoms with E-state index in [1.165, 1.54) is 11.3 Å². The summed E-state index contributed by atoms with van der Waals surface area (Å²) in [7, 11) is 0. The summed E-state index contributed by atoms with van der Waals surface area (Å²) in [6.45, 7) is 5.91. The zero-order valence-electron chi connectivity index (χ0n) is 17.9. The van der Waals surface area contributed by atoms with Gasteiger partial charge >= 0.3 is 5.97 Å². The van der Waals surface area contributed by atoms with E-state index in [1.54, 1.807) is 37.4 Å². The van der Waals surface area contributed by atoms with Crippen molar-refractivity contribution in [3.8, 4) is 22.1 Å². The number of benzene rings is 1. The van der Waals surface area contributed by atoms with Gasteiger partial charge in [0, 0.05) is 23.7 Å². The molecule has 162 valence electrons. The van der Waals surface area contributed by atoms with Crippen molar-refractivity contribution < 1.29 is 14.6 Å². The number of nitrogens with one attached hydrogen (secondary N) is 1. The number of thiazole rings is 1. The SMILES string of the molecule is Cc1ccc(Nc2cc(Oc3sc(C(C)C)nc3-c3ccccc3)ccn2)nc1C(=O)O. The minimum absolute atomic E-state index is 0.000724. The molecule has 0 aliphatic heterocycles. The first-order valence-electron chi connectivity index (χ1n) is 10.1. The van der Waals surface area contributed by atoms with Crippen molar-refractivity contribution >= 4 is 28.9 Å². The van der Waals surface area contributed by atoms with E-state index in [-0.39, 0.29) is 11.6 Å². The fourth-order valence-corrected chi connectivity index (χ4v) is 3.97. The van der Waals surface area contributed by atoms with E-state index in [9.17, 15) is 9.90 Å². The smallest absolute Gasteiger partial charge is 0.354 e. The lowest BCUT2D eigenvalue weighted by Crippen LogP contribution is -2.06. The molecule has 2 N–H and O–H groups in total.